The van der Waals surface area contributed by atoms with E-state index in [1.54, 1.807) is 18.4 Å². The van der Waals surface area contributed by atoms with Crippen molar-refractivity contribution in [3.8, 4) is 0 Å². The summed E-state index contributed by atoms with van der Waals surface area (Å²) in [7, 11) is 0. The van der Waals surface area contributed by atoms with Gasteiger partial charge in [0.2, 0.25) is 0 Å². The Morgan fingerprint density at radius 1 is 1.33 bits per heavy atom. The Morgan fingerprint density at radius 3 is 3.00 bits per heavy atom. The van der Waals surface area contributed by atoms with Gasteiger partial charge in [0.15, 0.2) is 5.76 Å². The van der Waals surface area contributed by atoms with Gasteiger partial charge in [-0.3, -0.25) is 9.69 Å². The fraction of sp³-hybridized carbons (Fsp3) is 0.500. The fourth-order valence-corrected chi connectivity index (χ4v) is 4.57. The first-order valence-corrected chi connectivity index (χ1v) is 9.28. The SMILES string of the molecule is Cc1ccsc1CN1C[C@H]2CN(C(=O)c3ccco3)CCO[C@H]2C1. The van der Waals surface area contributed by atoms with Gasteiger partial charge in [0.25, 0.3) is 5.91 Å². The molecule has 0 N–H and O–H groups in total. The molecular formula is C18H22N2O3S. The quantitative estimate of drug-likeness (QED) is 0.857. The monoisotopic (exact) mass is 346 g/mol. The number of ether oxygens (including phenoxy) is 1. The van der Waals surface area contributed by atoms with Gasteiger partial charge in [-0.25, -0.2) is 0 Å². The van der Waals surface area contributed by atoms with Crippen molar-refractivity contribution in [2.45, 2.75) is 19.6 Å². The van der Waals surface area contributed by atoms with Gasteiger partial charge in [-0.1, -0.05) is 0 Å². The zero-order valence-corrected chi connectivity index (χ0v) is 14.6. The molecule has 2 atom stereocenters. The summed E-state index contributed by atoms with van der Waals surface area (Å²) in [5, 5.41) is 2.15. The summed E-state index contributed by atoms with van der Waals surface area (Å²) in [6.45, 7) is 7.04. The Morgan fingerprint density at radius 2 is 2.25 bits per heavy atom. The number of rotatable bonds is 3. The van der Waals surface area contributed by atoms with E-state index in [9.17, 15) is 4.79 Å². The van der Waals surface area contributed by atoms with Crippen molar-refractivity contribution < 1.29 is 13.9 Å². The van der Waals surface area contributed by atoms with E-state index in [0.29, 0.717) is 24.8 Å². The highest BCUT2D eigenvalue weighted by Gasteiger charge is 2.38. The minimum absolute atomic E-state index is 0.0307. The van der Waals surface area contributed by atoms with Crippen LogP contribution in [0.4, 0.5) is 0 Å². The lowest BCUT2D eigenvalue weighted by molar-refractivity contribution is 0.0499. The van der Waals surface area contributed by atoms with Crippen LogP contribution >= 0.6 is 11.3 Å². The number of thiophene rings is 1. The van der Waals surface area contributed by atoms with Gasteiger partial charge >= 0.3 is 0 Å². The van der Waals surface area contributed by atoms with E-state index in [0.717, 1.165) is 26.2 Å². The molecule has 2 fully saturated rings. The van der Waals surface area contributed by atoms with Gasteiger partial charge in [-0.2, -0.15) is 0 Å². The van der Waals surface area contributed by atoms with Crippen LogP contribution in [0.15, 0.2) is 34.3 Å². The van der Waals surface area contributed by atoms with Crippen molar-refractivity contribution in [2.75, 3.05) is 32.8 Å². The molecule has 4 rings (SSSR count). The maximum absolute atomic E-state index is 12.5. The predicted octanol–water partition coefficient (Wildman–Crippen LogP) is 2.62. The number of furan rings is 1. The minimum Gasteiger partial charge on any atom is -0.459 e. The highest BCUT2D eigenvalue weighted by atomic mass is 32.1. The van der Waals surface area contributed by atoms with Gasteiger partial charge in [0.05, 0.1) is 19.0 Å². The third-order valence-corrected chi connectivity index (χ3v) is 5.97. The average molecular weight is 346 g/mol. The van der Waals surface area contributed by atoms with Crippen LogP contribution in [0.5, 0.6) is 0 Å². The molecule has 0 aliphatic carbocycles. The number of likely N-dealkylation sites (tertiary alicyclic amines) is 1. The first-order valence-electron chi connectivity index (χ1n) is 8.40. The molecule has 1 amide bonds. The van der Waals surface area contributed by atoms with Crippen molar-refractivity contribution in [1.82, 2.24) is 9.80 Å². The van der Waals surface area contributed by atoms with E-state index < -0.39 is 0 Å². The molecule has 2 aromatic rings. The lowest BCUT2D eigenvalue weighted by Gasteiger charge is -2.22. The first kappa shape index (κ1) is 15.9. The molecule has 128 valence electrons. The fourth-order valence-electron chi connectivity index (χ4n) is 3.62. The molecule has 2 aliphatic heterocycles. The second-order valence-electron chi connectivity index (χ2n) is 6.62. The maximum atomic E-state index is 12.5. The molecule has 24 heavy (non-hydrogen) atoms. The normalized spacial score (nSPS) is 24.8. The molecule has 0 aromatic carbocycles. The Kier molecular flexibility index (Phi) is 4.43. The lowest BCUT2D eigenvalue weighted by atomic mass is 10.1. The van der Waals surface area contributed by atoms with Crippen LogP contribution in [-0.2, 0) is 11.3 Å². The zero-order valence-electron chi connectivity index (χ0n) is 13.8. The van der Waals surface area contributed by atoms with Gasteiger partial charge in [0, 0.05) is 43.5 Å². The molecule has 0 unspecified atom stereocenters. The van der Waals surface area contributed by atoms with Crippen LogP contribution in [0.25, 0.3) is 0 Å². The molecule has 2 aliphatic rings. The van der Waals surface area contributed by atoms with Crippen LogP contribution < -0.4 is 0 Å². The summed E-state index contributed by atoms with van der Waals surface area (Å²) in [6, 6.07) is 5.66. The van der Waals surface area contributed by atoms with E-state index in [1.165, 1.54) is 10.4 Å². The first-order chi connectivity index (χ1) is 11.7. The molecule has 5 nitrogen and oxygen atoms in total. The smallest absolute Gasteiger partial charge is 0.289 e. The van der Waals surface area contributed by atoms with Crippen molar-refractivity contribution >= 4 is 17.2 Å². The van der Waals surface area contributed by atoms with Crippen LogP contribution in [0, 0.1) is 12.8 Å². The molecule has 0 saturated carbocycles. The molecule has 0 spiro atoms. The van der Waals surface area contributed by atoms with Crippen molar-refractivity contribution in [3.05, 3.63) is 46.0 Å². The van der Waals surface area contributed by atoms with Crippen molar-refractivity contribution in [1.29, 1.82) is 0 Å². The van der Waals surface area contributed by atoms with Crippen LogP contribution in [0.3, 0.4) is 0 Å². The van der Waals surface area contributed by atoms with E-state index in [-0.39, 0.29) is 12.0 Å². The van der Waals surface area contributed by atoms with Gasteiger partial charge < -0.3 is 14.1 Å². The van der Waals surface area contributed by atoms with Crippen LogP contribution in [-0.4, -0.2) is 54.6 Å². The largest absolute Gasteiger partial charge is 0.459 e. The second kappa shape index (κ2) is 6.70. The Bertz CT molecular complexity index is 697. The topological polar surface area (TPSA) is 45.9 Å². The molecule has 2 aromatic heterocycles. The Hall–Kier alpha value is -1.63. The van der Waals surface area contributed by atoms with E-state index in [4.69, 9.17) is 9.15 Å². The maximum Gasteiger partial charge on any atom is 0.289 e. The number of nitrogens with zero attached hydrogens (tertiary/aromatic N) is 2. The summed E-state index contributed by atoms with van der Waals surface area (Å²) < 4.78 is 11.3. The zero-order chi connectivity index (χ0) is 16.5. The number of carbonyl (C=O) groups excluding carboxylic acids is 1. The number of carbonyl (C=O) groups is 1. The molecule has 4 heterocycles. The Balaban J connectivity index is 1.42. The van der Waals surface area contributed by atoms with E-state index in [1.807, 2.05) is 16.2 Å². The summed E-state index contributed by atoms with van der Waals surface area (Å²) >= 11 is 1.82. The number of fused-ring (bicyclic) bond motifs is 1. The highest BCUT2D eigenvalue weighted by Crippen LogP contribution is 2.27. The lowest BCUT2D eigenvalue weighted by Crippen LogP contribution is -2.37. The number of hydrogen-bond acceptors (Lipinski definition) is 5. The standard InChI is InChI=1S/C18H22N2O3S/c1-13-4-8-24-17(13)12-19-9-14-10-20(5-7-23-16(14)11-19)18(21)15-3-2-6-22-15/h2-4,6,8,14,16H,5,7,9-12H2,1H3/t14-,16-/m0/s1. The van der Waals surface area contributed by atoms with Crippen molar-refractivity contribution in [2.24, 2.45) is 5.92 Å². The average Bonchev–Trinajstić information content (AvgIpc) is 3.28. The summed E-state index contributed by atoms with van der Waals surface area (Å²) in [5.41, 5.74) is 1.36. The third-order valence-electron chi connectivity index (χ3n) is 4.96. The summed E-state index contributed by atoms with van der Waals surface area (Å²) in [6.07, 6.45) is 1.77. The van der Waals surface area contributed by atoms with Crippen LogP contribution in [0.2, 0.25) is 0 Å². The molecule has 6 heteroatoms. The highest BCUT2D eigenvalue weighted by molar-refractivity contribution is 7.10. The summed E-state index contributed by atoms with van der Waals surface area (Å²) in [4.78, 5) is 18.3. The minimum atomic E-state index is -0.0307. The molecule has 0 radical (unpaired) electrons. The third kappa shape index (κ3) is 3.14. The summed E-state index contributed by atoms with van der Waals surface area (Å²) in [5.74, 6) is 0.751. The second-order valence-corrected chi connectivity index (χ2v) is 7.62. The molecule has 0 bridgehead atoms. The van der Waals surface area contributed by atoms with Gasteiger partial charge in [-0.15, -0.1) is 11.3 Å². The number of aryl methyl sites for hydroxylation is 1. The van der Waals surface area contributed by atoms with Gasteiger partial charge in [-0.05, 0) is 36.1 Å². The predicted molar refractivity (Wildman–Crippen MR) is 92.2 cm³/mol. The molecular weight excluding hydrogens is 324 g/mol. The molecule has 2 saturated heterocycles. The van der Waals surface area contributed by atoms with E-state index >= 15 is 0 Å². The van der Waals surface area contributed by atoms with Crippen molar-refractivity contribution in [3.63, 3.8) is 0 Å². The van der Waals surface area contributed by atoms with Gasteiger partial charge in [0.1, 0.15) is 0 Å². The number of amides is 1. The van der Waals surface area contributed by atoms with E-state index in [2.05, 4.69) is 23.3 Å². The van der Waals surface area contributed by atoms with Crippen LogP contribution in [0.1, 0.15) is 21.0 Å². The Labute approximate surface area is 145 Å². The number of hydrogen-bond donors (Lipinski definition) is 0.